The van der Waals surface area contributed by atoms with Gasteiger partial charge >= 0.3 is 0 Å². The number of nitrogens with one attached hydrogen (secondary N) is 1. The number of amides is 1. The Labute approximate surface area is 93.0 Å². The molecule has 0 spiro atoms. The molecule has 0 aromatic rings. The minimum atomic E-state index is -3.25. The van der Waals surface area contributed by atoms with Crippen molar-refractivity contribution in [2.45, 2.75) is 31.8 Å². The molecule has 1 saturated heterocycles. The lowest BCUT2D eigenvalue weighted by molar-refractivity contribution is -0.129. The number of carbonyl (C=O) groups excluding carboxylic acids is 1. The predicted molar refractivity (Wildman–Crippen MR) is 53.2 cm³/mol. The number of halogens is 2. The van der Waals surface area contributed by atoms with Crippen molar-refractivity contribution in [2.24, 2.45) is 5.92 Å². The molecular weight excluding hydrogens is 220 g/mol. The largest absolute Gasteiger partial charge is 0.390 e. The fourth-order valence-corrected chi connectivity index (χ4v) is 1.75. The van der Waals surface area contributed by atoms with Crippen LogP contribution in [0, 0.1) is 5.92 Å². The molecule has 1 aliphatic rings. The standard InChI is InChI=1S/C10H17F2NO3/c1-2-8-7(3-4-16-8)9(15)13-5-10(11,12)6-14/h7-8,14H,2-6H2,1H3,(H,13,15). The quantitative estimate of drug-likeness (QED) is 0.734. The van der Waals surface area contributed by atoms with Crippen LogP contribution in [-0.4, -0.2) is 42.8 Å². The van der Waals surface area contributed by atoms with Gasteiger partial charge in [-0.3, -0.25) is 4.79 Å². The highest BCUT2D eigenvalue weighted by Crippen LogP contribution is 2.23. The van der Waals surface area contributed by atoms with Crippen molar-refractivity contribution in [2.75, 3.05) is 19.8 Å². The molecule has 6 heteroatoms. The summed E-state index contributed by atoms with van der Waals surface area (Å²) in [6.45, 7) is 0.298. The fraction of sp³-hybridized carbons (Fsp3) is 0.900. The Balaban J connectivity index is 2.40. The molecule has 0 radical (unpaired) electrons. The van der Waals surface area contributed by atoms with E-state index in [9.17, 15) is 13.6 Å². The number of alkyl halides is 2. The van der Waals surface area contributed by atoms with Crippen LogP contribution in [0.1, 0.15) is 19.8 Å². The van der Waals surface area contributed by atoms with Gasteiger partial charge in [0.05, 0.1) is 18.6 Å². The van der Waals surface area contributed by atoms with Gasteiger partial charge in [-0.1, -0.05) is 6.92 Å². The maximum Gasteiger partial charge on any atom is 0.287 e. The summed E-state index contributed by atoms with van der Waals surface area (Å²) in [6, 6.07) is 0. The first-order valence-electron chi connectivity index (χ1n) is 5.38. The zero-order valence-corrected chi connectivity index (χ0v) is 9.21. The lowest BCUT2D eigenvalue weighted by Crippen LogP contribution is -2.43. The SMILES string of the molecule is CCC1OCCC1C(=O)NCC(F)(F)CO. The Kier molecular flexibility index (Phi) is 4.61. The highest BCUT2D eigenvalue weighted by molar-refractivity contribution is 5.79. The maximum absolute atomic E-state index is 12.7. The monoisotopic (exact) mass is 237 g/mol. The van der Waals surface area contributed by atoms with Crippen LogP contribution < -0.4 is 5.32 Å². The number of rotatable bonds is 5. The second-order valence-electron chi connectivity index (χ2n) is 3.94. The molecule has 2 atom stereocenters. The van der Waals surface area contributed by atoms with Crippen molar-refractivity contribution in [1.29, 1.82) is 0 Å². The summed E-state index contributed by atoms with van der Waals surface area (Å²) in [5, 5.41) is 10.5. The number of hydrogen-bond donors (Lipinski definition) is 2. The molecule has 4 nitrogen and oxygen atoms in total. The molecule has 2 N–H and O–H groups in total. The summed E-state index contributed by atoms with van der Waals surface area (Å²) in [7, 11) is 0. The van der Waals surface area contributed by atoms with E-state index in [1.165, 1.54) is 0 Å². The zero-order valence-electron chi connectivity index (χ0n) is 9.21. The van der Waals surface area contributed by atoms with Crippen molar-refractivity contribution < 1.29 is 23.4 Å². The van der Waals surface area contributed by atoms with Crippen LogP contribution in [0.5, 0.6) is 0 Å². The minimum Gasteiger partial charge on any atom is -0.390 e. The molecule has 1 heterocycles. The van der Waals surface area contributed by atoms with E-state index in [0.29, 0.717) is 19.4 Å². The molecular formula is C10H17F2NO3. The van der Waals surface area contributed by atoms with E-state index in [-0.39, 0.29) is 12.0 Å². The summed E-state index contributed by atoms with van der Waals surface area (Å²) in [4.78, 5) is 11.6. The van der Waals surface area contributed by atoms with Gasteiger partial charge in [-0.2, -0.15) is 0 Å². The molecule has 0 aromatic carbocycles. The summed E-state index contributed by atoms with van der Waals surface area (Å²) >= 11 is 0. The Bertz CT molecular complexity index is 248. The average Bonchev–Trinajstić information content (AvgIpc) is 2.74. The first kappa shape index (κ1) is 13.3. The van der Waals surface area contributed by atoms with Crippen molar-refractivity contribution in [3.8, 4) is 0 Å². The Morgan fingerprint density at radius 1 is 1.62 bits per heavy atom. The van der Waals surface area contributed by atoms with E-state index < -0.39 is 25.0 Å². The first-order valence-corrected chi connectivity index (χ1v) is 5.38. The van der Waals surface area contributed by atoms with Gasteiger partial charge < -0.3 is 15.2 Å². The second kappa shape index (κ2) is 5.54. The number of aliphatic hydroxyl groups is 1. The Morgan fingerprint density at radius 3 is 2.88 bits per heavy atom. The Morgan fingerprint density at radius 2 is 2.31 bits per heavy atom. The summed E-state index contributed by atoms with van der Waals surface area (Å²) in [6.07, 6.45) is 1.08. The zero-order chi connectivity index (χ0) is 12.2. The molecule has 1 rings (SSSR count). The average molecular weight is 237 g/mol. The third kappa shape index (κ3) is 3.38. The summed E-state index contributed by atoms with van der Waals surface area (Å²) < 4.78 is 30.7. The van der Waals surface area contributed by atoms with E-state index in [4.69, 9.17) is 9.84 Å². The van der Waals surface area contributed by atoms with E-state index >= 15 is 0 Å². The van der Waals surface area contributed by atoms with Gasteiger partial charge in [0, 0.05) is 6.61 Å². The normalized spacial score (nSPS) is 25.8. The van der Waals surface area contributed by atoms with Gasteiger partial charge in [-0.25, -0.2) is 8.78 Å². The predicted octanol–water partition coefficient (Wildman–Crippen LogP) is 0.545. The van der Waals surface area contributed by atoms with Gasteiger partial charge in [0.15, 0.2) is 0 Å². The van der Waals surface area contributed by atoms with Crippen LogP contribution in [0.2, 0.25) is 0 Å². The maximum atomic E-state index is 12.7. The molecule has 0 saturated carbocycles. The Hall–Kier alpha value is -0.750. The minimum absolute atomic E-state index is 0.178. The van der Waals surface area contributed by atoms with Crippen molar-refractivity contribution in [3.63, 3.8) is 0 Å². The molecule has 1 aliphatic heterocycles. The number of ether oxygens (including phenoxy) is 1. The highest BCUT2D eigenvalue weighted by Gasteiger charge is 2.35. The molecule has 0 bridgehead atoms. The van der Waals surface area contributed by atoms with Crippen molar-refractivity contribution in [3.05, 3.63) is 0 Å². The van der Waals surface area contributed by atoms with Crippen LogP contribution in [0.15, 0.2) is 0 Å². The lowest BCUT2D eigenvalue weighted by Gasteiger charge is -2.19. The first-order chi connectivity index (χ1) is 7.50. The van der Waals surface area contributed by atoms with Crippen LogP contribution in [0.25, 0.3) is 0 Å². The molecule has 16 heavy (non-hydrogen) atoms. The molecule has 0 aromatic heterocycles. The molecule has 0 aliphatic carbocycles. The van der Waals surface area contributed by atoms with Gasteiger partial charge in [0.1, 0.15) is 6.61 Å². The van der Waals surface area contributed by atoms with Crippen molar-refractivity contribution >= 4 is 5.91 Å². The molecule has 94 valence electrons. The highest BCUT2D eigenvalue weighted by atomic mass is 19.3. The van der Waals surface area contributed by atoms with E-state index in [1.807, 2.05) is 6.92 Å². The van der Waals surface area contributed by atoms with Gasteiger partial charge in [0.2, 0.25) is 5.91 Å². The molecule has 1 amide bonds. The van der Waals surface area contributed by atoms with Crippen LogP contribution >= 0.6 is 0 Å². The number of hydrogen-bond acceptors (Lipinski definition) is 3. The summed E-state index contributed by atoms with van der Waals surface area (Å²) in [5.74, 6) is -4.02. The fourth-order valence-electron chi connectivity index (χ4n) is 1.75. The van der Waals surface area contributed by atoms with Crippen LogP contribution in [-0.2, 0) is 9.53 Å². The third-order valence-corrected chi connectivity index (χ3v) is 2.70. The third-order valence-electron chi connectivity index (χ3n) is 2.70. The summed E-state index contributed by atoms with van der Waals surface area (Å²) in [5.41, 5.74) is 0. The number of carbonyl (C=O) groups is 1. The van der Waals surface area contributed by atoms with Crippen LogP contribution in [0.4, 0.5) is 8.78 Å². The molecule has 2 unspecified atom stereocenters. The van der Waals surface area contributed by atoms with Crippen LogP contribution in [0.3, 0.4) is 0 Å². The van der Waals surface area contributed by atoms with Crippen molar-refractivity contribution in [1.82, 2.24) is 5.32 Å². The van der Waals surface area contributed by atoms with Gasteiger partial charge in [-0.05, 0) is 12.8 Å². The number of aliphatic hydroxyl groups excluding tert-OH is 1. The lowest BCUT2D eigenvalue weighted by atomic mass is 9.99. The second-order valence-corrected chi connectivity index (χ2v) is 3.94. The molecule has 1 fully saturated rings. The van der Waals surface area contributed by atoms with E-state index in [2.05, 4.69) is 5.32 Å². The van der Waals surface area contributed by atoms with Gasteiger partial charge in [-0.15, -0.1) is 0 Å². The van der Waals surface area contributed by atoms with E-state index in [1.54, 1.807) is 0 Å². The van der Waals surface area contributed by atoms with Gasteiger partial charge in [0.25, 0.3) is 5.92 Å². The van der Waals surface area contributed by atoms with E-state index in [0.717, 1.165) is 0 Å². The smallest absolute Gasteiger partial charge is 0.287 e. The topological polar surface area (TPSA) is 58.6 Å².